The van der Waals surface area contributed by atoms with Crippen LogP contribution in [-0.4, -0.2) is 34.8 Å². The smallest absolute Gasteiger partial charge is 0.274 e. The minimum absolute atomic E-state index is 0.307. The summed E-state index contributed by atoms with van der Waals surface area (Å²) in [5, 5.41) is 0.796. The van der Waals surface area contributed by atoms with E-state index in [1.54, 1.807) is 7.05 Å². The van der Waals surface area contributed by atoms with Crippen LogP contribution in [0.25, 0.3) is 10.4 Å². The minimum atomic E-state index is -0.745. The number of benzene rings is 2. The number of thiazole rings is 1. The Balaban J connectivity index is 1.91. The van der Waals surface area contributed by atoms with E-state index in [-0.39, 0.29) is 5.91 Å². The van der Waals surface area contributed by atoms with Gasteiger partial charge in [-0.15, -0.1) is 11.3 Å². The number of nitrogens with two attached hydrogens (primary N) is 1. The van der Waals surface area contributed by atoms with Gasteiger partial charge in [0.1, 0.15) is 11.7 Å². The van der Waals surface area contributed by atoms with Crippen LogP contribution in [0.5, 0.6) is 0 Å². The normalized spacial score (nSPS) is 11.8. The third-order valence-electron chi connectivity index (χ3n) is 4.36. The van der Waals surface area contributed by atoms with Gasteiger partial charge in [0.05, 0.1) is 9.88 Å². The number of amides is 2. The zero-order valence-electron chi connectivity index (χ0n) is 15.3. The van der Waals surface area contributed by atoms with E-state index in [9.17, 15) is 9.59 Å². The van der Waals surface area contributed by atoms with E-state index < -0.39 is 11.9 Å². The Morgan fingerprint density at radius 2 is 1.67 bits per heavy atom. The third-order valence-corrected chi connectivity index (χ3v) is 5.38. The molecule has 0 saturated carbocycles. The molecule has 138 valence electrons. The zero-order chi connectivity index (χ0) is 19.4. The van der Waals surface area contributed by atoms with E-state index in [1.807, 2.05) is 67.6 Å². The second-order valence-electron chi connectivity index (χ2n) is 6.30. The summed E-state index contributed by atoms with van der Waals surface area (Å²) in [7, 11) is 1.60. The van der Waals surface area contributed by atoms with E-state index in [0.29, 0.717) is 12.1 Å². The van der Waals surface area contributed by atoms with Crippen LogP contribution in [0.15, 0.2) is 60.7 Å². The lowest BCUT2D eigenvalue weighted by atomic mass is 10.0. The van der Waals surface area contributed by atoms with Crippen LogP contribution in [0.4, 0.5) is 0 Å². The topological polar surface area (TPSA) is 76.3 Å². The predicted molar refractivity (Wildman–Crippen MR) is 108 cm³/mol. The van der Waals surface area contributed by atoms with E-state index >= 15 is 0 Å². The van der Waals surface area contributed by atoms with Crippen molar-refractivity contribution in [1.82, 2.24) is 9.88 Å². The summed E-state index contributed by atoms with van der Waals surface area (Å²) in [5.41, 5.74) is 7.83. The van der Waals surface area contributed by atoms with Crippen LogP contribution >= 0.6 is 11.3 Å². The first kappa shape index (κ1) is 18.8. The average Bonchev–Trinajstić information content (AvgIpc) is 3.08. The highest BCUT2D eigenvalue weighted by molar-refractivity contribution is 7.15. The average molecular weight is 379 g/mol. The van der Waals surface area contributed by atoms with Crippen LogP contribution in [0.1, 0.15) is 21.1 Å². The SMILES string of the molecule is Cc1nc(C(=O)N(C)[C@H](Cc2ccccc2)C(N)=O)c(-c2ccccc2)s1. The molecule has 0 aliphatic heterocycles. The quantitative estimate of drug-likeness (QED) is 0.714. The van der Waals surface area contributed by atoms with Crippen LogP contribution < -0.4 is 5.73 Å². The molecule has 5 nitrogen and oxygen atoms in total. The van der Waals surface area contributed by atoms with Crippen LogP contribution in [0.2, 0.25) is 0 Å². The fourth-order valence-electron chi connectivity index (χ4n) is 2.93. The van der Waals surface area contributed by atoms with Gasteiger partial charge in [-0.25, -0.2) is 4.98 Å². The van der Waals surface area contributed by atoms with Crippen molar-refractivity contribution in [3.63, 3.8) is 0 Å². The van der Waals surface area contributed by atoms with Gasteiger partial charge in [-0.1, -0.05) is 60.7 Å². The summed E-state index contributed by atoms with van der Waals surface area (Å²) in [6.07, 6.45) is 0.363. The second-order valence-corrected chi connectivity index (χ2v) is 7.50. The molecule has 0 bridgehead atoms. The summed E-state index contributed by atoms with van der Waals surface area (Å²) in [4.78, 5) is 31.8. The van der Waals surface area contributed by atoms with Gasteiger partial charge in [-0.2, -0.15) is 0 Å². The van der Waals surface area contributed by atoms with Gasteiger partial charge in [0, 0.05) is 13.5 Å². The largest absolute Gasteiger partial charge is 0.368 e. The van der Waals surface area contributed by atoms with Crippen molar-refractivity contribution in [1.29, 1.82) is 0 Å². The Kier molecular flexibility index (Phi) is 5.66. The summed E-state index contributed by atoms with van der Waals surface area (Å²) >= 11 is 1.46. The molecule has 0 radical (unpaired) electrons. The molecule has 6 heteroatoms. The second kappa shape index (κ2) is 8.14. The van der Waals surface area contributed by atoms with Gasteiger partial charge in [-0.05, 0) is 18.1 Å². The number of primary amides is 1. The molecular weight excluding hydrogens is 358 g/mol. The lowest BCUT2D eigenvalue weighted by Crippen LogP contribution is -2.47. The molecule has 1 atom stereocenters. The van der Waals surface area contributed by atoms with Crippen molar-refractivity contribution in [3.8, 4) is 10.4 Å². The van der Waals surface area contributed by atoms with Gasteiger partial charge in [0.25, 0.3) is 5.91 Å². The van der Waals surface area contributed by atoms with Crippen molar-refractivity contribution >= 4 is 23.2 Å². The number of aryl methyl sites for hydroxylation is 1. The number of carbonyl (C=O) groups is 2. The Morgan fingerprint density at radius 3 is 2.26 bits per heavy atom. The predicted octanol–water partition coefficient (Wildman–Crippen LogP) is 3.29. The maximum absolute atomic E-state index is 13.2. The number of rotatable bonds is 6. The van der Waals surface area contributed by atoms with E-state index in [4.69, 9.17) is 5.73 Å². The Bertz CT molecular complexity index is 939. The molecule has 0 fully saturated rings. The highest BCUT2D eigenvalue weighted by Crippen LogP contribution is 2.31. The van der Waals surface area contributed by atoms with Gasteiger partial charge in [0.15, 0.2) is 0 Å². The molecule has 0 aliphatic rings. The molecule has 2 N–H and O–H groups in total. The first-order valence-corrected chi connectivity index (χ1v) is 9.42. The minimum Gasteiger partial charge on any atom is -0.368 e. The molecule has 3 aromatic rings. The molecule has 2 amide bonds. The number of nitrogens with zero attached hydrogens (tertiary/aromatic N) is 2. The highest BCUT2D eigenvalue weighted by Gasteiger charge is 2.29. The molecule has 0 saturated heterocycles. The van der Waals surface area contributed by atoms with Crippen molar-refractivity contribution < 1.29 is 9.59 Å². The first-order valence-electron chi connectivity index (χ1n) is 8.60. The summed E-state index contributed by atoms with van der Waals surface area (Å²) < 4.78 is 0. The maximum atomic E-state index is 13.2. The zero-order valence-corrected chi connectivity index (χ0v) is 16.1. The van der Waals surface area contributed by atoms with Gasteiger partial charge in [-0.3, -0.25) is 9.59 Å². The molecule has 27 heavy (non-hydrogen) atoms. The molecule has 2 aromatic carbocycles. The van der Waals surface area contributed by atoms with Gasteiger partial charge in [0.2, 0.25) is 5.91 Å². The van der Waals surface area contributed by atoms with Crippen LogP contribution in [0.3, 0.4) is 0 Å². The Morgan fingerprint density at radius 1 is 1.07 bits per heavy atom. The van der Waals surface area contributed by atoms with Crippen molar-refractivity contribution in [2.24, 2.45) is 5.73 Å². The molecular formula is C21H21N3O2S. The van der Waals surface area contributed by atoms with E-state index in [0.717, 1.165) is 21.0 Å². The van der Waals surface area contributed by atoms with Gasteiger partial charge >= 0.3 is 0 Å². The first-order chi connectivity index (χ1) is 13.0. The number of likely N-dealkylation sites (N-methyl/N-ethyl adjacent to an activating group) is 1. The van der Waals surface area contributed by atoms with Crippen molar-refractivity contribution in [2.45, 2.75) is 19.4 Å². The Labute approximate surface area is 162 Å². The molecule has 3 rings (SSSR count). The molecule has 0 aliphatic carbocycles. The number of hydrogen-bond donors (Lipinski definition) is 1. The van der Waals surface area contributed by atoms with E-state index in [1.165, 1.54) is 16.2 Å². The number of carbonyl (C=O) groups excluding carboxylic acids is 2. The van der Waals surface area contributed by atoms with Gasteiger partial charge < -0.3 is 10.6 Å². The summed E-state index contributed by atoms with van der Waals surface area (Å²) in [6, 6.07) is 18.4. The fraction of sp³-hybridized carbons (Fsp3) is 0.190. The van der Waals surface area contributed by atoms with Crippen LogP contribution in [-0.2, 0) is 11.2 Å². The van der Waals surface area contributed by atoms with Crippen molar-refractivity contribution in [2.75, 3.05) is 7.05 Å². The van der Waals surface area contributed by atoms with E-state index in [2.05, 4.69) is 4.98 Å². The Hall–Kier alpha value is -2.99. The molecule has 1 aromatic heterocycles. The van der Waals surface area contributed by atoms with Crippen LogP contribution in [0, 0.1) is 6.92 Å². The third kappa shape index (κ3) is 4.23. The molecule has 1 heterocycles. The lowest BCUT2D eigenvalue weighted by molar-refractivity contribution is -0.122. The summed E-state index contributed by atoms with van der Waals surface area (Å²) in [6.45, 7) is 1.86. The number of aromatic nitrogens is 1. The standard InChI is InChI=1S/C21H21N3O2S/c1-14-23-18(19(27-14)16-11-7-4-8-12-16)21(26)24(2)17(20(22)25)13-15-9-5-3-6-10-15/h3-12,17H,13H2,1-2H3,(H2,22,25)/t17-/m1/s1. The molecule has 0 spiro atoms. The number of hydrogen-bond acceptors (Lipinski definition) is 4. The fourth-order valence-corrected chi connectivity index (χ4v) is 3.85. The summed E-state index contributed by atoms with van der Waals surface area (Å²) in [5.74, 6) is -0.846. The molecule has 0 unspecified atom stereocenters. The highest BCUT2D eigenvalue weighted by atomic mass is 32.1. The van der Waals surface area contributed by atoms with Crippen molar-refractivity contribution in [3.05, 3.63) is 76.9 Å². The lowest BCUT2D eigenvalue weighted by Gasteiger charge is -2.25. The maximum Gasteiger partial charge on any atom is 0.274 e. The monoisotopic (exact) mass is 379 g/mol.